The van der Waals surface area contributed by atoms with E-state index in [2.05, 4.69) is 53.2 Å². The molecule has 2 aromatic rings. The molecule has 0 unspecified atom stereocenters. The third kappa shape index (κ3) is 6.03. The van der Waals surface area contributed by atoms with Crippen molar-refractivity contribution in [2.45, 2.75) is 40.0 Å². The minimum Gasteiger partial charge on any atom is -0.352 e. The highest BCUT2D eigenvalue weighted by atomic mass is 16.2. The fourth-order valence-corrected chi connectivity index (χ4v) is 3.68. The molecule has 1 aromatic heterocycles. The number of piperazine rings is 1. The van der Waals surface area contributed by atoms with Gasteiger partial charge in [-0.3, -0.25) is 9.59 Å². The maximum Gasteiger partial charge on any atom is 0.242 e. The fraction of sp³-hybridized carbons (Fsp3) is 0.500. The predicted molar refractivity (Wildman–Crippen MR) is 123 cm³/mol. The van der Waals surface area contributed by atoms with Crippen LogP contribution in [0.1, 0.15) is 38.7 Å². The van der Waals surface area contributed by atoms with Gasteiger partial charge < -0.3 is 14.7 Å². The SMILES string of the molecule is CCCCN(CC(=O)N1CCN(c2ccc(-c3ccc(C)cc3)nn2)CC1)C(=O)CC. The molecule has 0 radical (unpaired) electrons. The van der Waals surface area contributed by atoms with Crippen LogP contribution in [0, 0.1) is 6.92 Å². The molecule has 7 heteroatoms. The van der Waals surface area contributed by atoms with Gasteiger partial charge in [-0.15, -0.1) is 10.2 Å². The summed E-state index contributed by atoms with van der Waals surface area (Å²) in [5.74, 6) is 0.899. The van der Waals surface area contributed by atoms with Crippen molar-refractivity contribution in [3.63, 3.8) is 0 Å². The molecule has 3 rings (SSSR count). The Morgan fingerprint density at radius 1 is 0.968 bits per heavy atom. The van der Waals surface area contributed by atoms with Gasteiger partial charge in [-0.2, -0.15) is 0 Å². The molecule has 0 bridgehead atoms. The number of amides is 2. The molecule has 0 spiro atoms. The molecule has 1 fully saturated rings. The molecular formula is C24H33N5O2. The zero-order valence-electron chi connectivity index (χ0n) is 18.9. The van der Waals surface area contributed by atoms with E-state index >= 15 is 0 Å². The molecule has 0 aliphatic carbocycles. The summed E-state index contributed by atoms with van der Waals surface area (Å²) in [6.07, 6.45) is 2.36. The Hall–Kier alpha value is -2.96. The Labute approximate surface area is 185 Å². The van der Waals surface area contributed by atoms with Crippen LogP contribution in [0.25, 0.3) is 11.3 Å². The summed E-state index contributed by atoms with van der Waals surface area (Å²) in [6, 6.07) is 12.2. The second kappa shape index (κ2) is 10.9. The van der Waals surface area contributed by atoms with Crippen LogP contribution in [0.4, 0.5) is 5.82 Å². The zero-order chi connectivity index (χ0) is 22.2. The van der Waals surface area contributed by atoms with Gasteiger partial charge in [0, 0.05) is 44.7 Å². The molecule has 7 nitrogen and oxygen atoms in total. The Bertz CT molecular complexity index is 859. The van der Waals surface area contributed by atoms with Gasteiger partial charge in [0.25, 0.3) is 0 Å². The Morgan fingerprint density at radius 3 is 2.26 bits per heavy atom. The molecule has 166 valence electrons. The molecule has 1 aliphatic rings. The van der Waals surface area contributed by atoms with E-state index in [1.54, 1.807) is 4.90 Å². The Balaban J connectivity index is 1.54. The first kappa shape index (κ1) is 22.7. The summed E-state index contributed by atoms with van der Waals surface area (Å²) >= 11 is 0. The van der Waals surface area contributed by atoms with Crippen molar-refractivity contribution < 1.29 is 9.59 Å². The third-order valence-corrected chi connectivity index (χ3v) is 5.72. The lowest BCUT2D eigenvalue weighted by Crippen LogP contribution is -2.52. The number of aryl methyl sites for hydroxylation is 1. The number of rotatable bonds is 8. The van der Waals surface area contributed by atoms with Crippen LogP contribution in [0.15, 0.2) is 36.4 Å². The van der Waals surface area contributed by atoms with Crippen molar-refractivity contribution in [2.75, 3.05) is 44.2 Å². The summed E-state index contributed by atoms with van der Waals surface area (Å²) in [5.41, 5.74) is 3.12. The Kier molecular flexibility index (Phi) is 7.98. The van der Waals surface area contributed by atoms with Crippen molar-refractivity contribution in [3.8, 4) is 11.3 Å². The smallest absolute Gasteiger partial charge is 0.242 e. The van der Waals surface area contributed by atoms with Crippen molar-refractivity contribution in [3.05, 3.63) is 42.0 Å². The van der Waals surface area contributed by atoms with Crippen LogP contribution in [0.5, 0.6) is 0 Å². The van der Waals surface area contributed by atoms with Gasteiger partial charge in [0.1, 0.15) is 0 Å². The quantitative estimate of drug-likeness (QED) is 0.652. The summed E-state index contributed by atoms with van der Waals surface area (Å²) in [4.78, 5) is 30.6. The van der Waals surface area contributed by atoms with Gasteiger partial charge >= 0.3 is 0 Å². The van der Waals surface area contributed by atoms with Gasteiger partial charge in [-0.25, -0.2) is 0 Å². The van der Waals surface area contributed by atoms with Crippen molar-refractivity contribution in [1.82, 2.24) is 20.0 Å². The molecule has 2 heterocycles. The summed E-state index contributed by atoms with van der Waals surface area (Å²) in [7, 11) is 0. The molecule has 1 saturated heterocycles. The normalized spacial score (nSPS) is 13.9. The number of aromatic nitrogens is 2. The van der Waals surface area contributed by atoms with Crippen LogP contribution in [0.2, 0.25) is 0 Å². The van der Waals surface area contributed by atoms with Crippen LogP contribution in [-0.4, -0.2) is 71.1 Å². The number of carbonyl (C=O) groups excluding carboxylic acids is 2. The predicted octanol–water partition coefficient (Wildman–Crippen LogP) is 3.14. The summed E-state index contributed by atoms with van der Waals surface area (Å²) in [6.45, 7) is 9.50. The molecule has 31 heavy (non-hydrogen) atoms. The van der Waals surface area contributed by atoms with E-state index in [1.807, 2.05) is 24.0 Å². The fourth-order valence-electron chi connectivity index (χ4n) is 3.68. The highest BCUT2D eigenvalue weighted by Crippen LogP contribution is 2.20. The highest BCUT2D eigenvalue weighted by Gasteiger charge is 2.24. The lowest BCUT2D eigenvalue weighted by molar-refractivity contribution is -0.140. The topological polar surface area (TPSA) is 69.6 Å². The molecule has 1 aliphatic heterocycles. The van der Waals surface area contributed by atoms with Gasteiger partial charge in [0.15, 0.2) is 5.82 Å². The third-order valence-electron chi connectivity index (χ3n) is 5.72. The van der Waals surface area contributed by atoms with Crippen LogP contribution < -0.4 is 4.90 Å². The number of nitrogens with zero attached hydrogens (tertiary/aromatic N) is 5. The molecular weight excluding hydrogens is 390 g/mol. The number of benzene rings is 1. The Morgan fingerprint density at radius 2 is 1.68 bits per heavy atom. The van der Waals surface area contributed by atoms with E-state index in [0.29, 0.717) is 39.1 Å². The largest absolute Gasteiger partial charge is 0.352 e. The number of hydrogen-bond donors (Lipinski definition) is 0. The lowest BCUT2D eigenvalue weighted by atomic mass is 10.1. The molecule has 0 N–H and O–H groups in total. The zero-order valence-corrected chi connectivity index (χ0v) is 18.9. The van der Waals surface area contributed by atoms with E-state index in [-0.39, 0.29) is 18.4 Å². The second-order valence-corrected chi connectivity index (χ2v) is 8.03. The molecule has 0 saturated carbocycles. The van der Waals surface area contributed by atoms with Crippen molar-refractivity contribution in [1.29, 1.82) is 0 Å². The van der Waals surface area contributed by atoms with E-state index in [1.165, 1.54) is 5.56 Å². The van der Waals surface area contributed by atoms with Crippen LogP contribution >= 0.6 is 0 Å². The van der Waals surface area contributed by atoms with Crippen LogP contribution in [0.3, 0.4) is 0 Å². The number of hydrogen-bond acceptors (Lipinski definition) is 5. The van der Waals surface area contributed by atoms with E-state index in [9.17, 15) is 9.59 Å². The van der Waals surface area contributed by atoms with E-state index < -0.39 is 0 Å². The van der Waals surface area contributed by atoms with Crippen LogP contribution in [-0.2, 0) is 9.59 Å². The second-order valence-electron chi connectivity index (χ2n) is 8.03. The van der Waals surface area contributed by atoms with Crippen molar-refractivity contribution in [2.24, 2.45) is 0 Å². The average molecular weight is 424 g/mol. The first-order valence-corrected chi connectivity index (χ1v) is 11.2. The van der Waals surface area contributed by atoms with Gasteiger partial charge in [0.2, 0.25) is 11.8 Å². The van der Waals surface area contributed by atoms with E-state index in [4.69, 9.17) is 0 Å². The first-order chi connectivity index (χ1) is 15.0. The number of anilines is 1. The first-order valence-electron chi connectivity index (χ1n) is 11.2. The highest BCUT2D eigenvalue weighted by molar-refractivity contribution is 5.85. The van der Waals surface area contributed by atoms with Gasteiger partial charge in [-0.1, -0.05) is 50.1 Å². The molecule has 0 atom stereocenters. The standard InChI is InChI=1S/C24H33N5O2/c1-4-6-13-29(23(30)5-2)18-24(31)28-16-14-27(15-17-28)22-12-11-21(25-26-22)20-9-7-19(3)8-10-20/h7-12H,4-6,13-18H2,1-3H3. The minimum atomic E-state index is 0.0263. The number of unbranched alkanes of at least 4 members (excludes halogenated alkanes) is 1. The van der Waals surface area contributed by atoms with E-state index in [0.717, 1.165) is 29.9 Å². The van der Waals surface area contributed by atoms with Gasteiger partial charge in [0.05, 0.1) is 12.2 Å². The monoisotopic (exact) mass is 423 g/mol. The average Bonchev–Trinajstić information content (AvgIpc) is 2.82. The summed E-state index contributed by atoms with van der Waals surface area (Å²) in [5, 5.41) is 8.80. The summed E-state index contributed by atoms with van der Waals surface area (Å²) < 4.78 is 0. The maximum atomic E-state index is 12.7. The minimum absolute atomic E-state index is 0.0263. The maximum absolute atomic E-state index is 12.7. The molecule has 2 amide bonds. The molecule has 1 aromatic carbocycles. The lowest BCUT2D eigenvalue weighted by Gasteiger charge is -2.36. The van der Waals surface area contributed by atoms with Crippen molar-refractivity contribution >= 4 is 17.6 Å². The number of carbonyl (C=O) groups is 2. The van der Waals surface area contributed by atoms with Gasteiger partial charge in [-0.05, 0) is 25.5 Å².